The van der Waals surface area contributed by atoms with Gasteiger partial charge in [-0.05, 0) is 160 Å². The summed E-state index contributed by atoms with van der Waals surface area (Å²) in [5.41, 5.74) is 28.7. The van der Waals surface area contributed by atoms with Gasteiger partial charge in [0.1, 0.15) is 0 Å². The summed E-state index contributed by atoms with van der Waals surface area (Å²) in [5, 5.41) is 0. The van der Waals surface area contributed by atoms with Crippen LogP contribution in [0, 0.1) is 0 Å². The Balaban J connectivity index is 1.09. The van der Waals surface area contributed by atoms with Crippen molar-refractivity contribution in [3.8, 4) is 33.4 Å². The minimum Gasteiger partial charge on any atom is -0.311 e. The van der Waals surface area contributed by atoms with Crippen molar-refractivity contribution in [2.45, 2.75) is 117 Å². The Kier molecular flexibility index (Phi) is 9.17. The zero-order chi connectivity index (χ0) is 48.3. The third-order valence-electron chi connectivity index (χ3n) is 16.5. The van der Waals surface area contributed by atoms with Gasteiger partial charge in [-0.1, -0.05) is 193 Å². The van der Waals surface area contributed by atoms with Gasteiger partial charge in [-0.2, -0.15) is 0 Å². The molecule has 8 aromatic rings. The number of anilines is 6. The van der Waals surface area contributed by atoms with Gasteiger partial charge < -0.3 is 9.80 Å². The number of hydrogen-bond donors (Lipinski definition) is 0. The van der Waals surface area contributed by atoms with E-state index < -0.39 is 0 Å². The molecule has 0 radical (unpaired) electrons. The SMILES string of the molecule is CC(C)(C)c1ccc2c(c1)B1c3cc(C(C)(C)C)ccc3N(c3ccc4c(c3)C(C)(C)c3ccccc3-4)c3cc(C(C)(C)C)cc(c31)N2c1ccc(-c2ccc3c(c2)C(C)(C)c2ccccc2-3)cc1. The van der Waals surface area contributed by atoms with E-state index in [1.165, 1.54) is 123 Å². The van der Waals surface area contributed by atoms with Crippen molar-refractivity contribution in [3.05, 3.63) is 197 Å². The molecule has 3 heteroatoms. The molecule has 0 saturated carbocycles. The van der Waals surface area contributed by atoms with Crippen molar-refractivity contribution >= 4 is 57.2 Å². The maximum atomic E-state index is 2.62. The second kappa shape index (κ2) is 14.5. The molecule has 0 aromatic heterocycles. The van der Waals surface area contributed by atoms with Gasteiger partial charge in [0.25, 0.3) is 6.71 Å². The Morgan fingerprint density at radius 3 is 1.28 bits per heavy atom. The smallest absolute Gasteiger partial charge is 0.252 e. The number of fused-ring (bicyclic) bond motifs is 10. The molecule has 69 heavy (non-hydrogen) atoms. The quantitative estimate of drug-likeness (QED) is 0.163. The molecule has 4 aliphatic rings. The van der Waals surface area contributed by atoms with Gasteiger partial charge in [-0.3, -0.25) is 0 Å². The molecule has 12 rings (SSSR count). The fraction of sp³-hybridized carbons (Fsp3) is 0.273. The summed E-state index contributed by atoms with van der Waals surface area (Å²) in [5.74, 6) is 0. The van der Waals surface area contributed by atoms with Crippen LogP contribution in [-0.4, -0.2) is 6.71 Å². The molecule has 8 aromatic carbocycles. The molecule has 0 bridgehead atoms. The van der Waals surface area contributed by atoms with Gasteiger partial charge in [0.05, 0.1) is 0 Å². The summed E-state index contributed by atoms with van der Waals surface area (Å²) < 4.78 is 0. The van der Waals surface area contributed by atoms with Crippen molar-refractivity contribution in [2.24, 2.45) is 0 Å². The first-order valence-electron chi connectivity index (χ1n) is 25.3. The Bertz CT molecular complexity index is 3450. The van der Waals surface area contributed by atoms with E-state index in [0.717, 1.165) is 0 Å². The molecule has 0 atom stereocenters. The molecule has 0 N–H and O–H groups in total. The van der Waals surface area contributed by atoms with Crippen molar-refractivity contribution in [1.82, 2.24) is 0 Å². The molecule has 0 amide bonds. The first-order chi connectivity index (χ1) is 32.6. The van der Waals surface area contributed by atoms with Crippen LogP contribution in [0.25, 0.3) is 33.4 Å². The molecular formula is C66H65BN2. The standard InChI is InChI=1S/C66H65BN2/c1-62(2,3)42-25-32-57-55(35-42)67-56-36-43(63(4,5)6)26-33-58(56)69(46-29-31-50-48-19-15-17-21-52(48)66(12,13)54(50)39-46)60-38-44(64(7,8)9)37-59(61(60)67)68(57)45-27-22-40(23-28-45)41-24-30-49-47-18-14-16-20-51(47)65(10,11)53(49)34-41/h14-39H,1-13H3. The monoisotopic (exact) mass is 897 g/mol. The maximum absolute atomic E-state index is 2.62. The average Bonchev–Trinajstić information content (AvgIpc) is 3.69. The van der Waals surface area contributed by atoms with E-state index in [-0.39, 0.29) is 33.8 Å². The zero-order valence-corrected chi connectivity index (χ0v) is 43.0. The summed E-state index contributed by atoms with van der Waals surface area (Å²) in [4.78, 5) is 5.22. The summed E-state index contributed by atoms with van der Waals surface area (Å²) >= 11 is 0. The van der Waals surface area contributed by atoms with E-state index in [4.69, 9.17) is 0 Å². The van der Waals surface area contributed by atoms with Crippen LogP contribution in [0.2, 0.25) is 0 Å². The predicted molar refractivity (Wildman–Crippen MR) is 297 cm³/mol. The largest absolute Gasteiger partial charge is 0.311 e. The molecular weight excluding hydrogens is 832 g/mol. The molecule has 2 aliphatic carbocycles. The van der Waals surface area contributed by atoms with Gasteiger partial charge in [0, 0.05) is 45.0 Å². The maximum Gasteiger partial charge on any atom is 0.252 e. The minimum absolute atomic E-state index is 0.0272. The van der Waals surface area contributed by atoms with Gasteiger partial charge in [0.15, 0.2) is 0 Å². The third kappa shape index (κ3) is 6.45. The van der Waals surface area contributed by atoms with E-state index >= 15 is 0 Å². The molecule has 0 saturated heterocycles. The van der Waals surface area contributed by atoms with E-state index in [0.29, 0.717) is 0 Å². The molecule has 0 unspecified atom stereocenters. The van der Waals surface area contributed by atoms with Crippen LogP contribution in [0.4, 0.5) is 34.1 Å². The number of nitrogens with zero attached hydrogens (tertiary/aromatic N) is 2. The molecule has 2 nitrogen and oxygen atoms in total. The van der Waals surface area contributed by atoms with Crippen molar-refractivity contribution < 1.29 is 0 Å². The summed E-state index contributed by atoms with van der Waals surface area (Å²) in [6.45, 7) is 30.8. The highest BCUT2D eigenvalue weighted by Gasteiger charge is 2.46. The van der Waals surface area contributed by atoms with Crippen molar-refractivity contribution in [3.63, 3.8) is 0 Å². The van der Waals surface area contributed by atoms with Gasteiger partial charge in [-0.15, -0.1) is 0 Å². The highest BCUT2D eigenvalue weighted by atomic mass is 15.2. The first kappa shape index (κ1) is 43.7. The van der Waals surface area contributed by atoms with Crippen LogP contribution in [0.15, 0.2) is 158 Å². The fourth-order valence-electron chi connectivity index (χ4n) is 12.4. The number of rotatable bonds is 3. The first-order valence-corrected chi connectivity index (χ1v) is 25.3. The average molecular weight is 897 g/mol. The van der Waals surface area contributed by atoms with Gasteiger partial charge in [0.2, 0.25) is 0 Å². The van der Waals surface area contributed by atoms with Crippen molar-refractivity contribution in [1.29, 1.82) is 0 Å². The second-order valence-electron chi connectivity index (χ2n) is 24.7. The lowest BCUT2D eigenvalue weighted by atomic mass is 9.33. The van der Waals surface area contributed by atoms with Crippen LogP contribution in [0.3, 0.4) is 0 Å². The lowest BCUT2D eigenvalue weighted by molar-refractivity contribution is 0.590. The summed E-state index contributed by atoms with van der Waals surface area (Å²) in [6, 6.07) is 61.6. The lowest BCUT2D eigenvalue weighted by Crippen LogP contribution is -2.61. The van der Waals surface area contributed by atoms with E-state index in [2.05, 4.69) is 258 Å². The van der Waals surface area contributed by atoms with Crippen LogP contribution >= 0.6 is 0 Å². The molecule has 0 spiro atoms. The van der Waals surface area contributed by atoms with Crippen LogP contribution in [-0.2, 0) is 27.1 Å². The Hall–Kier alpha value is -6.58. The summed E-state index contributed by atoms with van der Waals surface area (Å²) in [7, 11) is 0. The Labute approximate surface area is 412 Å². The second-order valence-corrected chi connectivity index (χ2v) is 24.7. The van der Waals surface area contributed by atoms with Crippen LogP contribution in [0.1, 0.15) is 129 Å². The highest BCUT2D eigenvalue weighted by molar-refractivity contribution is 7.00. The van der Waals surface area contributed by atoms with Crippen molar-refractivity contribution in [2.75, 3.05) is 9.80 Å². The predicted octanol–water partition coefficient (Wildman–Crippen LogP) is 15.9. The summed E-state index contributed by atoms with van der Waals surface area (Å²) in [6.07, 6.45) is 0. The number of benzene rings is 8. The Morgan fingerprint density at radius 1 is 0.348 bits per heavy atom. The van der Waals surface area contributed by atoms with Gasteiger partial charge >= 0.3 is 0 Å². The van der Waals surface area contributed by atoms with Crippen LogP contribution < -0.4 is 26.2 Å². The van der Waals surface area contributed by atoms with Gasteiger partial charge in [-0.25, -0.2) is 0 Å². The molecule has 0 fully saturated rings. The fourth-order valence-corrected chi connectivity index (χ4v) is 12.4. The van der Waals surface area contributed by atoms with E-state index in [9.17, 15) is 0 Å². The van der Waals surface area contributed by atoms with Crippen LogP contribution in [0.5, 0.6) is 0 Å². The lowest BCUT2D eigenvalue weighted by Gasteiger charge is -2.46. The normalized spacial score (nSPS) is 15.8. The zero-order valence-electron chi connectivity index (χ0n) is 43.0. The minimum atomic E-state index is -0.127. The number of hydrogen-bond acceptors (Lipinski definition) is 2. The van der Waals surface area contributed by atoms with E-state index in [1.807, 2.05) is 0 Å². The molecule has 342 valence electrons. The molecule has 2 aliphatic heterocycles. The topological polar surface area (TPSA) is 6.48 Å². The highest BCUT2D eigenvalue weighted by Crippen LogP contribution is 2.53. The Morgan fingerprint density at radius 2 is 0.768 bits per heavy atom. The van der Waals surface area contributed by atoms with E-state index in [1.54, 1.807) is 0 Å². The molecule has 2 heterocycles. The third-order valence-corrected chi connectivity index (χ3v) is 16.5.